The van der Waals surface area contributed by atoms with Crippen molar-refractivity contribution in [3.05, 3.63) is 90.0 Å². The Morgan fingerprint density at radius 1 is 0.923 bits per heavy atom. The van der Waals surface area contributed by atoms with E-state index in [0.29, 0.717) is 59.6 Å². The molecule has 0 saturated heterocycles. The van der Waals surface area contributed by atoms with Gasteiger partial charge in [0.1, 0.15) is 35.6 Å². The molecule has 0 unspecified atom stereocenters. The van der Waals surface area contributed by atoms with Gasteiger partial charge < -0.3 is 52.9 Å². The third-order valence-corrected chi connectivity index (χ3v) is 12.5. The van der Waals surface area contributed by atoms with Crippen molar-refractivity contribution in [3.8, 4) is 34.5 Å². The predicted molar refractivity (Wildman–Crippen MR) is 241 cm³/mol. The molecule has 6 atom stereocenters. The van der Waals surface area contributed by atoms with Gasteiger partial charge in [0, 0.05) is 43.7 Å². The van der Waals surface area contributed by atoms with Gasteiger partial charge >= 0.3 is 12.2 Å². The third-order valence-electron chi connectivity index (χ3n) is 12.5. The van der Waals surface area contributed by atoms with Crippen molar-refractivity contribution in [2.24, 2.45) is 22.9 Å². The van der Waals surface area contributed by atoms with Crippen molar-refractivity contribution in [1.29, 1.82) is 0 Å². The first kappa shape index (κ1) is 47.0. The minimum absolute atomic E-state index is 0.00636. The topological polar surface area (TPSA) is 185 Å². The molecule has 65 heavy (non-hydrogen) atoms. The number of aliphatic hydroxyl groups is 2. The number of rotatable bonds is 21. The predicted octanol–water partition coefficient (Wildman–Crippen LogP) is 8.36. The number of aliphatic hydroxyl groups excluding tert-OH is 2. The molecule has 3 aromatic rings. The number of carbonyl (C=O) groups excluding carboxylic acids is 2. The maximum absolute atomic E-state index is 14.5. The first-order valence-electron chi connectivity index (χ1n) is 22.4. The van der Waals surface area contributed by atoms with Crippen LogP contribution in [-0.2, 0) is 20.9 Å². The van der Waals surface area contributed by atoms with Crippen molar-refractivity contribution < 1.29 is 62.5 Å². The number of fused-ring (bicyclic) bond motifs is 3. The van der Waals surface area contributed by atoms with E-state index < -0.39 is 29.9 Å². The Balaban J connectivity index is 1.39. The second kappa shape index (κ2) is 21.8. The standard InChI is InChI=1S/C49H61N3O13/c1-6-23-62-49-44(52(48(56)59-7-2)29-31-15-19-41-43(24-31)61-30-60-41)28-39(51-63-8-3)36-25-32(13-9-11-21-53)35(14-10-12-22-54)45(46(36)49)37-26-34(17-20-40(37)65-49)64-47(55)50-38-18-16-33(57-4)27-42(38)58-5/h6,15-20,24-27,32,35,44-46,53-54H,1,7-14,21-23,28-30H2,2-5H3,(H,50,55)/t32-,35+,44-,45+,46+,49+/m0/s1. The molecule has 16 heteroatoms. The van der Waals surface area contributed by atoms with Crippen LogP contribution in [0.15, 0.2) is 84.1 Å². The minimum Gasteiger partial charge on any atom is -0.497 e. The number of nitrogens with one attached hydrogen (secondary N) is 1. The number of carbonyl (C=O) groups is 2. The Labute approximate surface area is 380 Å². The Kier molecular flexibility index (Phi) is 15.8. The molecule has 1 fully saturated rings. The normalized spacial score (nSPS) is 23.0. The van der Waals surface area contributed by atoms with Gasteiger partial charge in [-0.1, -0.05) is 36.2 Å². The fourth-order valence-electron chi connectivity index (χ4n) is 9.74. The highest BCUT2D eigenvalue weighted by Gasteiger charge is 2.65. The van der Waals surface area contributed by atoms with Crippen molar-refractivity contribution >= 4 is 23.6 Å². The molecule has 3 aromatic carbocycles. The molecule has 1 saturated carbocycles. The zero-order valence-electron chi connectivity index (χ0n) is 37.6. The molecule has 2 amide bonds. The fourth-order valence-corrected chi connectivity index (χ4v) is 9.74. The van der Waals surface area contributed by atoms with Crippen LogP contribution in [0.5, 0.6) is 34.5 Å². The van der Waals surface area contributed by atoms with Gasteiger partial charge in [-0.15, -0.1) is 6.58 Å². The summed E-state index contributed by atoms with van der Waals surface area (Å²) >= 11 is 0. The minimum atomic E-state index is -1.54. The number of ether oxygens (including phenoxy) is 8. The van der Waals surface area contributed by atoms with E-state index in [-0.39, 0.29) is 69.7 Å². The third kappa shape index (κ3) is 10.1. The van der Waals surface area contributed by atoms with Gasteiger partial charge in [-0.25, -0.2) is 9.59 Å². The van der Waals surface area contributed by atoms with Crippen molar-refractivity contribution in [2.45, 2.75) is 83.1 Å². The first-order valence-corrected chi connectivity index (χ1v) is 22.4. The Morgan fingerprint density at radius 2 is 1.69 bits per heavy atom. The summed E-state index contributed by atoms with van der Waals surface area (Å²) in [5.41, 5.74) is 3.44. The van der Waals surface area contributed by atoms with E-state index in [2.05, 4.69) is 18.0 Å². The highest BCUT2D eigenvalue weighted by molar-refractivity contribution is 6.03. The summed E-state index contributed by atoms with van der Waals surface area (Å²) < 4.78 is 48.3. The van der Waals surface area contributed by atoms with Gasteiger partial charge in [0.05, 0.1) is 44.8 Å². The molecule has 350 valence electrons. The van der Waals surface area contributed by atoms with Crippen LogP contribution in [0.4, 0.5) is 15.3 Å². The summed E-state index contributed by atoms with van der Waals surface area (Å²) in [7, 11) is 3.04. The maximum atomic E-state index is 14.5. The van der Waals surface area contributed by atoms with E-state index in [1.807, 2.05) is 31.2 Å². The number of allylic oxidation sites excluding steroid dienone is 1. The lowest BCUT2D eigenvalue weighted by molar-refractivity contribution is -0.256. The van der Waals surface area contributed by atoms with Gasteiger partial charge in [0.15, 0.2) is 11.5 Å². The number of oxime groups is 1. The van der Waals surface area contributed by atoms with E-state index in [1.165, 1.54) is 7.11 Å². The lowest BCUT2D eigenvalue weighted by Gasteiger charge is -2.59. The molecule has 3 N–H and O–H groups in total. The molecule has 0 spiro atoms. The molecular weight excluding hydrogens is 839 g/mol. The van der Waals surface area contributed by atoms with Crippen LogP contribution in [0, 0.1) is 17.8 Å². The van der Waals surface area contributed by atoms with Crippen LogP contribution in [-0.4, -0.2) is 98.9 Å². The Morgan fingerprint density at radius 3 is 2.43 bits per heavy atom. The number of benzene rings is 3. The summed E-state index contributed by atoms with van der Waals surface area (Å²) in [4.78, 5) is 35.6. The van der Waals surface area contributed by atoms with E-state index in [9.17, 15) is 19.8 Å². The molecule has 16 nitrogen and oxygen atoms in total. The molecule has 0 radical (unpaired) electrons. The molecule has 2 aliphatic heterocycles. The summed E-state index contributed by atoms with van der Waals surface area (Å²) in [6.45, 7) is 8.43. The van der Waals surface area contributed by atoms with Gasteiger partial charge in [-0.3, -0.25) is 10.2 Å². The zero-order valence-corrected chi connectivity index (χ0v) is 37.6. The second-order valence-electron chi connectivity index (χ2n) is 16.3. The van der Waals surface area contributed by atoms with Crippen LogP contribution in [0.2, 0.25) is 0 Å². The molecule has 2 heterocycles. The fraction of sp³-hybridized carbons (Fsp3) is 0.490. The quantitative estimate of drug-likeness (QED) is 0.0527. The van der Waals surface area contributed by atoms with Crippen LogP contribution in [0.25, 0.3) is 0 Å². The highest BCUT2D eigenvalue weighted by Crippen LogP contribution is 2.62. The number of anilines is 1. The average molecular weight is 900 g/mol. The lowest BCUT2D eigenvalue weighted by Crippen LogP contribution is -2.70. The second-order valence-corrected chi connectivity index (χ2v) is 16.3. The monoisotopic (exact) mass is 899 g/mol. The average Bonchev–Trinajstić information content (AvgIpc) is 3.79. The Hall–Kier alpha value is -5.97. The van der Waals surface area contributed by atoms with E-state index in [1.54, 1.807) is 55.3 Å². The number of amides is 2. The van der Waals surface area contributed by atoms with Crippen LogP contribution in [0.1, 0.15) is 75.8 Å². The van der Waals surface area contributed by atoms with Gasteiger partial charge in [-0.2, -0.15) is 0 Å². The molecule has 7 rings (SSSR count). The Bertz CT molecular complexity index is 2210. The van der Waals surface area contributed by atoms with Crippen LogP contribution >= 0.6 is 0 Å². The van der Waals surface area contributed by atoms with Crippen molar-refractivity contribution in [2.75, 3.05) is 59.4 Å². The summed E-state index contributed by atoms with van der Waals surface area (Å²) in [5.74, 6) is 0.326. The summed E-state index contributed by atoms with van der Waals surface area (Å²) in [6, 6.07) is 15.0. The molecule has 4 aliphatic rings. The number of hydrogen-bond acceptors (Lipinski definition) is 14. The largest absolute Gasteiger partial charge is 0.497 e. The van der Waals surface area contributed by atoms with Gasteiger partial charge in [0.2, 0.25) is 12.6 Å². The van der Waals surface area contributed by atoms with E-state index in [0.717, 1.165) is 42.4 Å². The van der Waals surface area contributed by atoms with E-state index >= 15 is 0 Å². The van der Waals surface area contributed by atoms with Crippen LogP contribution < -0.4 is 33.7 Å². The van der Waals surface area contributed by atoms with Crippen molar-refractivity contribution in [1.82, 2.24) is 4.90 Å². The molecule has 0 aromatic heterocycles. The number of unbranched alkanes of at least 4 members (excludes halogenated alkanes) is 2. The first-order chi connectivity index (χ1) is 31.7. The highest BCUT2D eigenvalue weighted by atomic mass is 16.7. The summed E-state index contributed by atoms with van der Waals surface area (Å²) in [6.07, 6.45) is 6.99. The van der Waals surface area contributed by atoms with Crippen LogP contribution in [0.3, 0.4) is 0 Å². The van der Waals surface area contributed by atoms with Gasteiger partial charge in [-0.05, 0) is 105 Å². The number of hydrogen-bond donors (Lipinski definition) is 3. The number of methoxy groups -OCH3 is 2. The molecular formula is C49H61N3O13. The molecule has 2 aliphatic carbocycles. The van der Waals surface area contributed by atoms with Crippen molar-refractivity contribution in [3.63, 3.8) is 0 Å². The number of nitrogens with zero attached hydrogens (tertiary/aromatic N) is 2. The maximum Gasteiger partial charge on any atom is 0.417 e. The smallest absolute Gasteiger partial charge is 0.417 e. The van der Waals surface area contributed by atoms with E-state index in [4.69, 9.17) is 47.9 Å². The zero-order chi connectivity index (χ0) is 45.9. The lowest BCUT2D eigenvalue weighted by atomic mass is 9.55. The SMILES string of the molecule is C=CCO[C@@]12Oc3ccc(OC(=O)Nc4ccc(OC)cc4OC)cc3[C@H]3[C@H](CCCCO)[C@@H](CCCCO)C=C(C(=NOCC)C[C@@H]1N(Cc1ccc4c(c1)OCO4)C(=O)OCC)[C@H]32. The summed E-state index contributed by atoms with van der Waals surface area (Å²) in [5, 5.41) is 27.4. The van der Waals surface area contributed by atoms with Gasteiger partial charge in [0.25, 0.3) is 0 Å². The molecule has 0 bridgehead atoms.